The fraction of sp³-hybridized carbons (Fsp3) is 0.150. The van der Waals surface area contributed by atoms with Gasteiger partial charge in [-0.05, 0) is 17.7 Å². The van der Waals surface area contributed by atoms with E-state index in [9.17, 15) is 13.2 Å². The number of nitrogens with zero attached hydrogens (tertiary/aromatic N) is 4. The summed E-state index contributed by atoms with van der Waals surface area (Å²) < 4.78 is 39.6. The molecule has 1 heterocycles. The van der Waals surface area contributed by atoms with Crippen LogP contribution in [0.25, 0.3) is 11.4 Å². The lowest BCUT2D eigenvalue weighted by molar-refractivity contribution is -0.141. The highest BCUT2D eigenvalue weighted by molar-refractivity contribution is 5.80. The summed E-state index contributed by atoms with van der Waals surface area (Å²) in [6.07, 6.45) is -3.08. The Morgan fingerprint density at radius 2 is 1.64 bits per heavy atom. The van der Waals surface area contributed by atoms with E-state index in [0.29, 0.717) is 5.56 Å². The van der Waals surface area contributed by atoms with Crippen LogP contribution in [0.5, 0.6) is 0 Å². The minimum atomic E-state index is -4.59. The van der Waals surface area contributed by atoms with Gasteiger partial charge in [0.2, 0.25) is 0 Å². The van der Waals surface area contributed by atoms with Gasteiger partial charge in [-0.15, -0.1) is 0 Å². The molecule has 0 spiro atoms. The minimum absolute atomic E-state index is 0.0246. The van der Waals surface area contributed by atoms with E-state index in [1.807, 2.05) is 43.3 Å². The highest BCUT2D eigenvalue weighted by Gasteiger charge is 2.33. The Morgan fingerprint density at radius 3 is 2.25 bits per heavy atom. The second kappa shape index (κ2) is 8.08. The molecule has 144 valence electrons. The molecule has 8 heteroatoms. The molecule has 0 fully saturated rings. The Morgan fingerprint density at radius 1 is 0.964 bits per heavy atom. The molecule has 3 aromatic rings. The van der Waals surface area contributed by atoms with Crippen molar-refractivity contribution in [2.24, 2.45) is 5.10 Å². The molecule has 28 heavy (non-hydrogen) atoms. The molecule has 3 rings (SSSR count). The number of hydrogen-bond donors (Lipinski definition) is 1. The van der Waals surface area contributed by atoms with E-state index in [-0.39, 0.29) is 11.6 Å². The van der Waals surface area contributed by atoms with Gasteiger partial charge in [0.05, 0.1) is 6.21 Å². The van der Waals surface area contributed by atoms with Crippen LogP contribution in [-0.2, 0) is 6.18 Å². The van der Waals surface area contributed by atoms with Crippen molar-refractivity contribution in [2.75, 3.05) is 24.4 Å². The molecular formula is C20H18F3N5. The maximum absolute atomic E-state index is 13.2. The molecule has 0 amide bonds. The minimum Gasteiger partial charge on any atom is -0.378 e. The predicted octanol–water partition coefficient (Wildman–Crippen LogP) is 4.67. The van der Waals surface area contributed by atoms with E-state index in [4.69, 9.17) is 0 Å². The Balaban J connectivity index is 1.84. The van der Waals surface area contributed by atoms with Crippen LogP contribution in [0.3, 0.4) is 0 Å². The lowest BCUT2D eigenvalue weighted by atomic mass is 10.2. The van der Waals surface area contributed by atoms with E-state index in [1.54, 1.807) is 30.3 Å². The second-order valence-electron chi connectivity index (χ2n) is 6.18. The zero-order valence-electron chi connectivity index (χ0n) is 15.3. The Kier molecular flexibility index (Phi) is 5.58. The largest absolute Gasteiger partial charge is 0.433 e. The maximum atomic E-state index is 13.2. The number of alkyl halides is 3. The van der Waals surface area contributed by atoms with Crippen molar-refractivity contribution in [3.05, 3.63) is 71.9 Å². The quantitative estimate of drug-likeness (QED) is 0.512. The maximum Gasteiger partial charge on any atom is 0.433 e. The summed E-state index contributed by atoms with van der Waals surface area (Å²) in [4.78, 5) is 9.74. The van der Waals surface area contributed by atoms with Gasteiger partial charge in [-0.1, -0.05) is 42.5 Å². The molecular weight excluding hydrogens is 367 g/mol. The van der Waals surface area contributed by atoms with Crippen LogP contribution in [0.1, 0.15) is 11.3 Å². The first-order valence-corrected chi connectivity index (χ1v) is 8.41. The first-order chi connectivity index (χ1) is 13.3. The van der Waals surface area contributed by atoms with Crippen LogP contribution in [0, 0.1) is 0 Å². The molecule has 1 aromatic heterocycles. The lowest BCUT2D eigenvalue weighted by Crippen LogP contribution is -2.11. The molecule has 0 bridgehead atoms. The van der Waals surface area contributed by atoms with Gasteiger partial charge in [0.1, 0.15) is 0 Å². The van der Waals surface area contributed by atoms with Gasteiger partial charge in [-0.3, -0.25) is 5.43 Å². The van der Waals surface area contributed by atoms with E-state index in [0.717, 1.165) is 17.3 Å². The highest BCUT2D eigenvalue weighted by Crippen LogP contribution is 2.30. The number of benzene rings is 2. The van der Waals surface area contributed by atoms with Crippen LogP contribution in [-0.4, -0.2) is 30.3 Å². The first kappa shape index (κ1) is 19.3. The van der Waals surface area contributed by atoms with Crippen molar-refractivity contribution >= 4 is 17.7 Å². The smallest absolute Gasteiger partial charge is 0.378 e. The monoisotopic (exact) mass is 385 g/mol. The Bertz CT molecular complexity index is 952. The molecule has 0 unspecified atom stereocenters. The summed E-state index contributed by atoms with van der Waals surface area (Å²) in [5.41, 5.74) is 3.84. The summed E-state index contributed by atoms with van der Waals surface area (Å²) in [5, 5.41) is 4.00. The van der Waals surface area contributed by atoms with Crippen LogP contribution in [0.15, 0.2) is 65.8 Å². The summed E-state index contributed by atoms with van der Waals surface area (Å²) in [6, 6.07) is 16.9. The van der Waals surface area contributed by atoms with Crippen molar-refractivity contribution in [1.29, 1.82) is 0 Å². The summed E-state index contributed by atoms with van der Waals surface area (Å²) >= 11 is 0. The van der Waals surface area contributed by atoms with E-state index in [2.05, 4.69) is 20.5 Å². The third-order valence-corrected chi connectivity index (χ3v) is 3.85. The average Bonchev–Trinajstić information content (AvgIpc) is 2.68. The lowest BCUT2D eigenvalue weighted by Gasteiger charge is -2.11. The van der Waals surface area contributed by atoms with Crippen molar-refractivity contribution in [3.8, 4) is 11.4 Å². The molecule has 0 radical (unpaired) electrons. The third kappa shape index (κ3) is 4.85. The molecule has 0 aliphatic carbocycles. The zero-order chi connectivity index (χ0) is 20.1. The fourth-order valence-corrected chi connectivity index (χ4v) is 2.40. The number of halogens is 3. The van der Waals surface area contributed by atoms with Crippen molar-refractivity contribution in [3.63, 3.8) is 0 Å². The van der Waals surface area contributed by atoms with Gasteiger partial charge in [0.25, 0.3) is 0 Å². The number of nitrogens with one attached hydrogen (secondary N) is 1. The van der Waals surface area contributed by atoms with Gasteiger partial charge in [0, 0.05) is 31.4 Å². The standard InChI is InChI=1S/C20H18F3N5/c1-28(2)16-10-8-14(9-11-16)13-24-27-18-12-17(20(21,22)23)25-19(26-18)15-6-4-3-5-7-15/h3-13H,1-2H3,(H,25,26,27)/b24-13+. The number of rotatable bonds is 5. The number of anilines is 2. The Hall–Kier alpha value is -3.42. The first-order valence-electron chi connectivity index (χ1n) is 8.41. The zero-order valence-corrected chi connectivity index (χ0v) is 15.3. The second-order valence-corrected chi connectivity index (χ2v) is 6.18. The van der Waals surface area contributed by atoms with Crippen LogP contribution in [0.4, 0.5) is 24.7 Å². The summed E-state index contributed by atoms with van der Waals surface area (Å²) in [5.74, 6) is -0.0641. The van der Waals surface area contributed by atoms with Gasteiger partial charge >= 0.3 is 6.18 Å². The molecule has 2 aromatic carbocycles. The van der Waals surface area contributed by atoms with Crippen LogP contribution < -0.4 is 10.3 Å². The summed E-state index contributed by atoms with van der Waals surface area (Å²) in [7, 11) is 3.87. The SMILES string of the molecule is CN(C)c1ccc(/C=N/Nc2cc(C(F)(F)F)nc(-c3ccccc3)n2)cc1. The Labute approximate surface area is 160 Å². The third-order valence-electron chi connectivity index (χ3n) is 3.85. The topological polar surface area (TPSA) is 53.4 Å². The number of hydrogen-bond acceptors (Lipinski definition) is 5. The van der Waals surface area contributed by atoms with Gasteiger partial charge in [0.15, 0.2) is 17.3 Å². The normalized spacial score (nSPS) is 11.6. The number of aromatic nitrogens is 2. The molecule has 0 aliphatic heterocycles. The van der Waals surface area contributed by atoms with E-state index < -0.39 is 11.9 Å². The van der Waals surface area contributed by atoms with Crippen molar-refractivity contribution < 1.29 is 13.2 Å². The molecule has 0 aliphatic rings. The van der Waals surface area contributed by atoms with Crippen LogP contribution in [0.2, 0.25) is 0 Å². The van der Waals surface area contributed by atoms with Gasteiger partial charge in [-0.25, -0.2) is 9.97 Å². The predicted molar refractivity (Wildman–Crippen MR) is 104 cm³/mol. The molecule has 0 saturated heterocycles. The van der Waals surface area contributed by atoms with E-state index >= 15 is 0 Å². The molecule has 5 nitrogen and oxygen atoms in total. The fourth-order valence-electron chi connectivity index (χ4n) is 2.40. The molecule has 0 saturated carbocycles. The van der Waals surface area contributed by atoms with Gasteiger partial charge in [-0.2, -0.15) is 18.3 Å². The van der Waals surface area contributed by atoms with Gasteiger partial charge < -0.3 is 4.90 Å². The van der Waals surface area contributed by atoms with Crippen molar-refractivity contribution in [1.82, 2.24) is 9.97 Å². The molecule has 1 N–H and O–H groups in total. The average molecular weight is 385 g/mol. The van der Waals surface area contributed by atoms with Crippen LogP contribution >= 0.6 is 0 Å². The molecule has 0 atom stereocenters. The van der Waals surface area contributed by atoms with Crippen molar-refractivity contribution in [2.45, 2.75) is 6.18 Å². The highest BCUT2D eigenvalue weighted by atomic mass is 19.4. The van der Waals surface area contributed by atoms with E-state index in [1.165, 1.54) is 6.21 Å². The number of hydrazone groups is 1. The summed E-state index contributed by atoms with van der Waals surface area (Å²) in [6.45, 7) is 0.